The van der Waals surface area contributed by atoms with Gasteiger partial charge in [0.05, 0.1) is 6.10 Å². The molecule has 1 rings (SSSR count). The first-order valence-electron chi connectivity index (χ1n) is 4.92. The highest BCUT2D eigenvalue weighted by atomic mass is 79.9. The van der Waals surface area contributed by atoms with Crippen molar-refractivity contribution >= 4 is 21.6 Å². The monoisotopic (exact) mass is 272 g/mol. The van der Waals surface area contributed by atoms with Gasteiger partial charge in [0, 0.05) is 30.4 Å². The van der Waals surface area contributed by atoms with Crippen molar-refractivity contribution in [3.8, 4) is 0 Å². The lowest BCUT2D eigenvalue weighted by atomic mass is 10.2. The molecule has 1 aromatic rings. The van der Waals surface area contributed by atoms with E-state index in [-0.39, 0.29) is 6.10 Å². The Balaban J connectivity index is 2.64. The van der Waals surface area contributed by atoms with Gasteiger partial charge in [0.25, 0.3) is 0 Å². The highest BCUT2D eigenvalue weighted by molar-refractivity contribution is 9.10. The lowest BCUT2D eigenvalue weighted by Crippen LogP contribution is -2.18. The highest BCUT2D eigenvalue weighted by Gasteiger charge is 2.01. The van der Waals surface area contributed by atoms with Crippen molar-refractivity contribution in [1.29, 1.82) is 0 Å². The minimum absolute atomic E-state index is 0.199. The summed E-state index contributed by atoms with van der Waals surface area (Å²) in [4.78, 5) is 0. The van der Waals surface area contributed by atoms with Gasteiger partial charge in [-0.15, -0.1) is 0 Å². The van der Waals surface area contributed by atoms with Crippen molar-refractivity contribution in [3.63, 3.8) is 0 Å². The minimum atomic E-state index is 0.199. The van der Waals surface area contributed by atoms with E-state index in [1.54, 1.807) is 7.11 Å². The van der Waals surface area contributed by atoms with Gasteiger partial charge < -0.3 is 15.8 Å². The van der Waals surface area contributed by atoms with Crippen molar-refractivity contribution in [2.45, 2.75) is 19.6 Å². The molecule has 0 saturated carbocycles. The molecule has 0 aliphatic carbocycles. The van der Waals surface area contributed by atoms with Crippen LogP contribution < -0.4 is 11.1 Å². The van der Waals surface area contributed by atoms with Gasteiger partial charge in [0.2, 0.25) is 0 Å². The summed E-state index contributed by atoms with van der Waals surface area (Å²) in [6.45, 7) is 3.36. The summed E-state index contributed by atoms with van der Waals surface area (Å²) < 4.78 is 6.20. The van der Waals surface area contributed by atoms with Crippen LogP contribution in [0.2, 0.25) is 0 Å². The van der Waals surface area contributed by atoms with Crippen LogP contribution in [0.15, 0.2) is 22.7 Å². The van der Waals surface area contributed by atoms with Crippen molar-refractivity contribution in [2.75, 3.05) is 19.0 Å². The number of rotatable bonds is 5. The van der Waals surface area contributed by atoms with Crippen molar-refractivity contribution in [1.82, 2.24) is 0 Å². The fourth-order valence-corrected chi connectivity index (χ4v) is 1.76. The molecule has 0 amide bonds. The molecule has 3 N–H and O–H groups in total. The third-order valence-electron chi connectivity index (χ3n) is 2.19. The smallest absolute Gasteiger partial charge is 0.0715 e. The van der Waals surface area contributed by atoms with Gasteiger partial charge in [-0.1, -0.05) is 15.9 Å². The summed E-state index contributed by atoms with van der Waals surface area (Å²) >= 11 is 3.45. The second-order valence-corrected chi connectivity index (χ2v) is 4.40. The third kappa shape index (κ3) is 4.20. The van der Waals surface area contributed by atoms with Crippen LogP contribution in [0.1, 0.15) is 12.5 Å². The number of hydrogen-bond acceptors (Lipinski definition) is 3. The van der Waals surface area contributed by atoms with E-state index < -0.39 is 0 Å². The molecule has 0 radical (unpaired) electrons. The van der Waals surface area contributed by atoms with E-state index in [0.717, 1.165) is 22.3 Å². The van der Waals surface area contributed by atoms with Crippen LogP contribution in [-0.4, -0.2) is 19.8 Å². The largest absolute Gasteiger partial charge is 0.382 e. The Morgan fingerprint density at radius 1 is 1.47 bits per heavy atom. The van der Waals surface area contributed by atoms with Crippen LogP contribution >= 0.6 is 15.9 Å². The second kappa shape index (κ2) is 6.10. The summed E-state index contributed by atoms with van der Waals surface area (Å²) in [5.74, 6) is 0. The van der Waals surface area contributed by atoms with Gasteiger partial charge in [-0.3, -0.25) is 0 Å². The zero-order chi connectivity index (χ0) is 11.3. The Kier molecular flexibility index (Phi) is 5.08. The summed E-state index contributed by atoms with van der Waals surface area (Å²) in [6, 6.07) is 6.10. The number of benzene rings is 1. The SMILES string of the molecule is COC(C)CNc1cc(Br)cc(CN)c1. The Labute approximate surface area is 99.1 Å². The number of methoxy groups -OCH3 is 1. The quantitative estimate of drug-likeness (QED) is 0.865. The summed E-state index contributed by atoms with van der Waals surface area (Å²) in [6.07, 6.45) is 0.199. The van der Waals surface area contributed by atoms with Gasteiger partial charge >= 0.3 is 0 Å². The second-order valence-electron chi connectivity index (χ2n) is 3.48. The summed E-state index contributed by atoms with van der Waals surface area (Å²) in [5.41, 5.74) is 7.77. The molecule has 1 unspecified atom stereocenters. The topological polar surface area (TPSA) is 47.3 Å². The average molecular weight is 273 g/mol. The van der Waals surface area contributed by atoms with E-state index in [0.29, 0.717) is 6.54 Å². The normalized spacial score (nSPS) is 12.5. The predicted molar refractivity (Wildman–Crippen MR) is 67.0 cm³/mol. The summed E-state index contributed by atoms with van der Waals surface area (Å²) in [5, 5.41) is 3.30. The lowest BCUT2D eigenvalue weighted by molar-refractivity contribution is 0.129. The van der Waals surface area contributed by atoms with Crippen molar-refractivity contribution < 1.29 is 4.74 Å². The zero-order valence-corrected chi connectivity index (χ0v) is 10.7. The van der Waals surface area contributed by atoms with E-state index in [9.17, 15) is 0 Å². The minimum Gasteiger partial charge on any atom is -0.382 e. The van der Waals surface area contributed by atoms with E-state index in [1.807, 2.05) is 25.1 Å². The lowest BCUT2D eigenvalue weighted by Gasteiger charge is -2.13. The molecule has 3 nitrogen and oxygen atoms in total. The molecule has 0 aromatic heterocycles. The van der Waals surface area contributed by atoms with E-state index in [4.69, 9.17) is 10.5 Å². The molecule has 0 saturated heterocycles. The van der Waals surface area contributed by atoms with Gasteiger partial charge in [0.1, 0.15) is 0 Å². The zero-order valence-electron chi connectivity index (χ0n) is 9.09. The standard InChI is InChI=1S/C11H17BrN2O/c1-8(15-2)7-14-11-4-9(6-13)3-10(12)5-11/h3-5,8,14H,6-7,13H2,1-2H3. The van der Waals surface area contributed by atoms with Crippen molar-refractivity contribution in [3.05, 3.63) is 28.2 Å². The Morgan fingerprint density at radius 2 is 2.20 bits per heavy atom. The van der Waals surface area contributed by atoms with Crippen LogP contribution in [0.5, 0.6) is 0 Å². The molecular weight excluding hydrogens is 256 g/mol. The van der Waals surface area contributed by atoms with E-state index in [1.165, 1.54) is 0 Å². The molecule has 1 aromatic carbocycles. The van der Waals surface area contributed by atoms with Gasteiger partial charge in [-0.2, -0.15) is 0 Å². The number of ether oxygens (including phenoxy) is 1. The van der Waals surface area contributed by atoms with Crippen LogP contribution in [0.25, 0.3) is 0 Å². The molecule has 0 aliphatic rings. The Hall–Kier alpha value is -0.580. The molecule has 0 spiro atoms. The molecule has 4 heteroatoms. The Morgan fingerprint density at radius 3 is 2.80 bits per heavy atom. The van der Waals surface area contributed by atoms with Gasteiger partial charge in [-0.05, 0) is 30.7 Å². The van der Waals surface area contributed by atoms with Crippen LogP contribution in [0.3, 0.4) is 0 Å². The fourth-order valence-electron chi connectivity index (χ4n) is 1.22. The molecule has 0 bridgehead atoms. The van der Waals surface area contributed by atoms with Crippen LogP contribution in [0, 0.1) is 0 Å². The van der Waals surface area contributed by atoms with Crippen LogP contribution in [-0.2, 0) is 11.3 Å². The van der Waals surface area contributed by atoms with E-state index >= 15 is 0 Å². The maximum atomic E-state index is 5.60. The average Bonchev–Trinajstić information content (AvgIpc) is 2.25. The third-order valence-corrected chi connectivity index (χ3v) is 2.65. The molecule has 15 heavy (non-hydrogen) atoms. The number of hydrogen-bond donors (Lipinski definition) is 2. The maximum Gasteiger partial charge on any atom is 0.0715 e. The molecular formula is C11H17BrN2O. The summed E-state index contributed by atoms with van der Waals surface area (Å²) in [7, 11) is 1.71. The van der Waals surface area contributed by atoms with Gasteiger partial charge in [-0.25, -0.2) is 0 Å². The molecule has 84 valence electrons. The Bertz CT molecular complexity index is 317. The first kappa shape index (κ1) is 12.5. The molecule has 1 atom stereocenters. The molecule has 0 fully saturated rings. The number of nitrogens with one attached hydrogen (secondary N) is 1. The number of anilines is 1. The van der Waals surface area contributed by atoms with Gasteiger partial charge in [0.15, 0.2) is 0 Å². The maximum absolute atomic E-state index is 5.60. The van der Waals surface area contributed by atoms with Crippen LogP contribution in [0.4, 0.5) is 5.69 Å². The first-order valence-corrected chi connectivity index (χ1v) is 5.71. The number of nitrogens with two attached hydrogens (primary N) is 1. The fraction of sp³-hybridized carbons (Fsp3) is 0.455. The molecule has 0 aliphatic heterocycles. The number of halogens is 1. The molecule has 0 heterocycles. The van der Waals surface area contributed by atoms with Crippen molar-refractivity contribution in [2.24, 2.45) is 5.73 Å². The highest BCUT2D eigenvalue weighted by Crippen LogP contribution is 2.19. The predicted octanol–water partition coefficient (Wildman–Crippen LogP) is 2.35. The van der Waals surface area contributed by atoms with E-state index in [2.05, 4.69) is 21.2 Å². The first-order chi connectivity index (χ1) is 7.15.